The Balaban J connectivity index is 2.31. The van der Waals surface area contributed by atoms with Crippen LogP contribution in [-0.2, 0) is 0 Å². The number of carbonyl (C=O) groups is 1. The van der Waals surface area contributed by atoms with Crippen LogP contribution in [0.1, 0.15) is 15.9 Å². The highest BCUT2D eigenvalue weighted by Gasteiger charge is 2.07. The summed E-state index contributed by atoms with van der Waals surface area (Å²) in [6, 6.07) is 7.67. The fraction of sp³-hybridized carbons (Fsp3) is 0.0714. The molecule has 18 heavy (non-hydrogen) atoms. The molecular formula is C14H10F2O2. The molecule has 2 rings (SSSR count). The van der Waals surface area contributed by atoms with E-state index in [1.54, 1.807) is 19.1 Å². The summed E-state index contributed by atoms with van der Waals surface area (Å²) in [5.41, 5.74) is 1.24. The van der Waals surface area contributed by atoms with E-state index in [2.05, 4.69) is 0 Å². The summed E-state index contributed by atoms with van der Waals surface area (Å²) < 4.78 is 31.5. The van der Waals surface area contributed by atoms with Crippen molar-refractivity contribution < 1.29 is 18.3 Å². The Hall–Kier alpha value is -2.23. The van der Waals surface area contributed by atoms with Crippen molar-refractivity contribution in [2.24, 2.45) is 0 Å². The lowest BCUT2D eigenvalue weighted by atomic mass is 10.1. The van der Waals surface area contributed by atoms with E-state index in [0.717, 1.165) is 24.5 Å². The number of hydrogen-bond acceptors (Lipinski definition) is 2. The smallest absolute Gasteiger partial charge is 0.165 e. The van der Waals surface area contributed by atoms with Gasteiger partial charge >= 0.3 is 0 Å². The molecular weight excluding hydrogens is 238 g/mol. The third-order valence-corrected chi connectivity index (χ3v) is 2.49. The van der Waals surface area contributed by atoms with Crippen LogP contribution in [0.2, 0.25) is 0 Å². The third kappa shape index (κ3) is 2.53. The first-order valence-electron chi connectivity index (χ1n) is 5.29. The highest BCUT2D eigenvalue weighted by atomic mass is 19.1. The molecule has 92 valence electrons. The molecule has 0 aliphatic heterocycles. The van der Waals surface area contributed by atoms with Crippen molar-refractivity contribution in [3.63, 3.8) is 0 Å². The molecule has 0 radical (unpaired) electrons. The zero-order chi connectivity index (χ0) is 13.1. The lowest BCUT2D eigenvalue weighted by Crippen LogP contribution is -1.92. The second kappa shape index (κ2) is 4.96. The average molecular weight is 248 g/mol. The van der Waals surface area contributed by atoms with Gasteiger partial charge in [0.2, 0.25) is 0 Å². The molecule has 0 atom stereocenters. The Bertz CT molecular complexity index is 594. The van der Waals surface area contributed by atoms with Crippen LogP contribution in [0, 0.1) is 18.6 Å². The first kappa shape index (κ1) is 12.2. The maximum Gasteiger partial charge on any atom is 0.165 e. The zero-order valence-electron chi connectivity index (χ0n) is 9.61. The number of aryl methyl sites for hydroxylation is 1. The Morgan fingerprint density at radius 2 is 1.89 bits per heavy atom. The van der Waals surface area contributed by atoms with Crippen LogP contribution < -0.4 is 4.74 Å². The van der Waals surface area contributed by atoms with Crippen molar-refractivity contribution in [2.45, 2.75) is 6.92 Å². The number of hydrogen-bond donors (Lipinski definition) is 0. The molecule has 0 amide bonds. The molecule has 0 unspecified atom stereocenters. The number of aldehydes is 1. The highest BCUT2D eigenvalue weighted by molar-refractivity contribution is 5.77. The normalized spacial score (nSPS) is 10.2. The van der Waals surface area contributed by atoms with E-state index in [4.69, 9.17) is 4.74 Å². The van der Waals surface area contributed by atoms with E-state index < -0.39 is 11.6 Å². The molecule has 0 N–H and O–H groups in total. The summed E-state index contributed by atoms with van der Waals surface area (Å²) in [7, 11) is 0. The van der Waals surface area contributed by atoms with Crippen LogP contribution in [-0.4, -0.2) is 6.29 Å². The quantitative estimate of drug-likeness (QED) is 0.770. The fourth-order valence-electron chi connectivity index (χ4n) is 1.53. The van der Waals surface area contributed by atoms with Crippen molar-refractivity contribution in [3.05, 3.63) is 59.2 Å². The van der Waals surface area contributed by atoms with Crippen LogP contribution >= 0.6 is 0 Å². The van der Waals surface area contributed by atoms with Gasteiger partial charge in [-0.15, -0.1) is 0 Å². The predicted molar refractivity (Wildman–Crippen MR) is 63.0 cm³/mol. The van der Waals surface area contributed by atoms with Crippen LogP contribution in [0.15, 0.2) is 36.4 Å². The molecule has 0 aliphatic rings. The number of ether oxygens (including phenoxy) is 1. The van der Waals surface area contributed by atoms with Crippen LogP contribution in [0.3, 0.4) is 0 Å². The Labute approximate surface area is 103 Å². The first-order valence-corrected chi connectivity index (χ1v) is 5.29. The summed E-state index contributed by atoms with van der Waals surface area (Å²) >= 11 is 0. The van der Waals surface area contributed by atoms with Gasteiger partial charge in [-0.25, -0.2) is 8.78 Å². The second-order valence-electron chi connectivity index (χ2n) is 3.81. The minimum atomic E-state index is -0.645. The Morgan fingerprint density at radius 3 is 2.56 bits per heavy atom. The zero-order valence-corrected chi connectivity index (χ0v) is 9.61. The molecule has 2 aromatic carbocycles. The lowest BCUT2D eigenvalue weighted by molar-refractivity contribution is 0.112. The highest BCUT2D eigenvalue weighted by Crippen LogP contribution is 2.26. The summed E-state index contributed by atoms with van der Waals surface area (Å²) in [6.07, 6.45) is 0.724. The predicted octanol–water partition coefficient (Wildman–Crippen LogP) is 3.88. The number of benzene rings is 2. The SMILES string of the molecule is Cc1cc(Oc2cc(F)ccc2F)ccc1C=O. The van der Waals surface area contributed by atoms with E-state index in [9.17, 15) is 13.6 Å². The van der Waals surface area contributed by atoms with E-state index in [-0.39, 0.29) is 5.75 Å². The monoisotopic (exact) mass is 248 g/mol. The minimum Gasteiger partial charge on any atom is -0.454 e. The lowest BCUT2D eigenvalue weighted by Gasteiger charge is -2.08. The second-order valence-corrected chi connectivity index (χ2v) is 3.81. The number of halogens is 2. The average Bonchev–Trinajstić information content (AvgIpc) is 2.34. The molecule has 0 bridgehead atoms. The van der Waals surface area contributed by atoms with E-state index in [1.807, 2.05) is 0 Å². The molecule has 2 nitrogen and oxygen atoms in total. The van der Waals surface area contributed by atoms with E-state index in [0.29, 0.717) is 16.9 Å². The summed E-state index contributed by atoms with van der Waals surface area (Å²) in [5.74, 6) is -1.06. The maximum absolute atomic E-state index is 13.4. The molecule has 0 saturated carbocycles. The minimum absolute atomic E-state index is 0.187. The molecule has 0 fully saturated rings. The van der Waals surface area contributed by atoms with Gasteiger partial charge in [0.15, 0.2) is 11.6 Å². The van der Waals surface area contributed by atoms with Crippen LogP contribution in [0.5, 0.6) is 11.5 Å². The van der Waals surface area contributed by atoms with Crippen molar-refractivity contribution in [1.82, 2.24) is 0 Å². The Morgan fingerprint density at radius 1 is 1.11 bits per heavy atom. The largest absolute Gasteiger partial charge is 0.454 e. The standard InChI is InChI=1S/C14H10F2O2/c1-9-6-12(4-2-10(9)8-17)18-14-7-11(15)3-5-13(14)16/h2-8H,1H3. The topological polar surface area (TPSA) is 26.3 Å². The van der Waals surface area contributed by atoms with E-state index >= 15 is 0 Å². The molecule has 2 aromatic rings. The third-order valence-electron chi connectivity index (χ3n) is 2.49. The van der Waals surface area contributed by atoms with Gasteiger partial charge in [-0.1, -0.05) is 0 Å². The molecule has 0 saturated heterocycles. The van der Waals surface area contributed by atoms with Gasteiger partial charge in [0.1, 0.15) is 17.9 Å². The van der Waals surface area contributed by atoms with Gasteiger partial charge in [0.25, 0.3) is 0 Å². The molecule has 4 heteroatoms. The number of carbonyl (C=O) groups excluding carboxylic acids is 1. The van der Waals surface area contributed by atoms with Crippen LogP contribution in [0.25, 0.3) is 0 Å². The van der Waals surface area contributed by atoms with Gasteiger partial charge in [-0.2, -0.15) is 0 Å². The van der Waals surface area contributed by atoms with Gasteiger partial charge in [-0.05, 0) is 42.8 Å². The molecule has 0 aromatic heterocycles. The number of rotatable bonds is 3. The van der Waals surface area contributed by atoms with Crippen molar-refractivity contribution in [3.8, 4) is 11.5 Å². The van der Waals surface area contributed by atoms with Crippen molar-refractivity contribution in [1.29, 1.82) is 0 Å². The molecule has 0 spiro atoms. The molecule has 0 heterocycles. The van der Waals surface area contributed by atoms with Gasteiger partial charge in [-0.3, -0.25) is 4.79 Å². The summed E-state index contributed by atoms with van der Waals surface area (Å²) in [6.45, 7) is 1.73. The van der Waals surface area contributed by atoms with Crippen molar-refractivity contribution >= 4 is 6.29 Å². The fourth-order valence-corrected chi connectivity index (χ4v) is 1.53. The first-order chi connectivity index (χ1) is 8.60. The Kier molecular flexibility index (Phi) is 3.37. The van der Waals surface area contributed by atoms with Gasteiger partial charge < -0.3 is 4.74 Å². The van der Waals surface area contributed by atoms with Crippen molar-refractivity contribution in [2.75, 3.05) is 0 Å². The summed E-state index contributed by atoms with van der Waals surface area (Å²) in [5, 5.41) is 0. The maximum atomic E-state index is 13.4. The summed E-state index contributed by atoms with van der Waals surface area (Å²) in [4.78, 5) is 10.6. The van der Waals surface area contributed by atoms with Gasteiger partial charge in [0, 0.05) is 11.6 Å². The van der Waals surface area contributed by atoms with E-state index in [1.165, 1.54) is 6.07 Å². The van der Waals surface area contributed by atoms with Crippen LogP contribution in [0.4, 0.5) is 8.78 Å². The van der Waals surface area contributed by atoms with Gasteiger partial charge in [0.05, 0.1) is 0 Å². The molecule has 0 aliphatic carbocycles.